The average molecular weight is 444 g/mol. The molecule has 1 saturated heterocycles. The molecule has 1 amide bonds. The van der Waals surface area contributed by atoms with Gasteiger partial charge in [0, 0.05) is 39.2 Å². The van der Waals surface area contributed by atoms with Crippen LogP contribution in [0.5, 0.6) is 0 Å². The summed E-state index contributed by atoms with van der Waals surface area (Å²) in [6.45, 7) is 4.01. The summed E-state index contributed by atoms with van der Waals surface area (Å²) < 4.78 is 6.95. The second-order valence-electron chi connectivity index (χ2n) is 8.06. The molecule has 0 aliphatic carbocycles. The number of carbonyl (C=O) groups is 1. The largest absolute Gasteiger partial charge is 0.378 e. The van der Waals surface area contributed by atoms with Crippen LogP contribution >= 0.6 is 11.8 Å². The van der Waals surface area contributed by atoms with Crippen LogP contribution in [-0.2, 0) is 29.6 Å². The molecule has 1 aromatic carbocycles. The number of ether oxygens (including phenoxy) is 1. The second-order valence-corrected chi connectivity index (χ2v) is 9.23. The molecular weight excluding hydrogens is 410 g/mol. The maximum absolute atomic E-state index is 13.3. The molecule has 6 nitrogen and oxygen atoms in total. The van der Waals surface area contributed by atoms with Crippen molar-refractivity contribution in [2.24, 2.45) is 7.05 Å². The first-order valence-electron chi connectivity index (χ1n) is 11.1. The van der Waals surface area contributed by atoms with E-state index in [1.165, 1.54) is 18.2 Å². The van der Waals surface area contributed by atoms with Crippen LogP contribution in [-0.4, -0.2) is 45.8 Å². The van der Waals surface area contributed by atoms with E-state index in [1.54, 1.807) is 18.7 Å². The summed E-state index contributed by atoms with van der Waals surface area (Å²) in [5, 5.41) is 0.356. The zero-order chi connectivity index (χ0) is 22.2. The molecule has 2 aromatic rings. The van der Waals surface area contributed by atoms with Crippen LogP contribution in [0.4, 0.5) is 0 Å². The first-order chi connectivity index (χ1) is 15.0. The van der Waals surface area contributed by atoms with E-state index in [2.05, 4.69) is 6.92 Å². The molecule has 168 valence electrons. The number of likely N-dealkylation sites (tertiary alicyclic amines) is 1. The fourth-order valence-corrected chi connectivity index (χ4v) is 5.21. The minimum absolute atomic E-state index is 0.0749. The number of carbonyl (C=O) groups excluding carboxylic acids is 1. The number of thioether (sulfide) groups is 1. The molecule has 0 saturated carbocycles. The van der Waals surface area contributed by atoms with Gasteiger partial charge >= 0.3 is 0 Å². The van der Waals surface area contributed by atoms with Gasteiger partial charge in [0.05, 0.1) is 17.6 Å². The first kappa shape index (κ1) is 23.5. The Kier molecular flexibility index (Phi) is 8.72. The van der Waals surface area contributed by atoms with E-state index in [1.807, 2.05) is 35.2 Å². The molecule has 1 aliphatic heterocycles. The van der Waals surface area contributed by atoms with Crippen molar-refractivity contribution in [2.45, 2.75) is 62.5 Å². The summed E-state index contributed by atoms with van der Waals surface area (Å²) in [4.78, 5) is 33.2. The zero-order valence-corrected chi connectivity index (χ0v) is 19.6. The van der Waals surface area contributed by atoms with Gasteiger partial charge in [-0.2, -0.15) is 0 Å². The maximum atomic E-state index is 13.3. The molecule has 0 N–H and O–H groups in total. The van der Waals surface area contributed by atoms with Gasteiger partial charge in [0.15, 0.2) is 5.16 Å². The molecule has 0 bridgehead atoms. The van der Waals surface area contributed by atoms with Crippen LogP contribution < -0.4 is 5.56 Å². The first-order valence-corrected chi connectivity index (χ1v) is 12.0. The second kappa shape index (κ2) is 11.5. The Bertz CT molecular complexity index is 924. The summed E-state index contributed by atoms with van der Waals surface area (Å²) in [6, 6.07) is 9.91. The number of nitrogens with zero attached hydrogens (tertiary/aromatic N) is 3. The van der Waals surface area contributed by atoms with Crippen molar-refractivity contribution in [3.8, 4) is 0 Å². The molecule has 31 heavy (non-hydrogen) atoms. The minimum atomic E-state index is -0.225. The van der Waals surface area contributed by atoms with Crippen molar-refractivity contribution in [3.63, 3.8) is 0 Å². The predicted molar refractivity (Wildman–Crippen MR) is 124 cm³/mol. The molecule has 2 heterocycles. The fourth-order valence-electron chi connectivity index (χ4n) is 3.95. The molecular formula is C24H33N3O3S. The van der Waals surface area contributed by atoms with E-state index in [0.717, 1.165) is 44.3 Å². The highest BCUT2D eigenvalue weighted by atomic mass is 32.2. The molecule has 1 aromatic heterocycles. The van der Waals surface area contributed by atoms with Crippen LogP contribution in [0.3, 0.4) is 0 Å². The van der Waals surface area contributed by atoms with Crippen LogP contribution in [0.1, 0.15) is 55.8 Å². The Labute approximate surface area is 189 Å². The van der Waals surface area contributed by atoms with E-state index < -0.39 is 0 Å². The maximum Gasteiger partial charge on any atom is 0.257 e. The number of rotatable bonds is 9. The lowest BCUT2D eigenvalue weighted by Gasteiger charge is -2.30. The van der Waals surface area contributed by atoms with Crippen LogP contribution in [0.15, 0.2) is 40.3 Å². The molecule has 1 atom stereocenters. The third-order valence-corrected chi connectivity index (χ3v) is 6.97. The normalized spacial score (nSPS) is 15.1. The van der Waals surface area contributed by atoms with Gasteiger partial charge in [-0.25, -0.2) is 4.98 Å². The van der Waals surface area contributed by atoms with Crippen molar-refractivity contribution in [2.75, 3.05) is 20.2 Å². The number of hydrogen-bond donors (Lipinski definition) is 0. The van der Waals surface area contributed by atoms with Gasteiger partial charge in [-0.15, -0.1) is 0 Å². The third kappa shape index (κ3) is 5.98. The number of benzene rings is 1. The Hall–Kier alpha value is -2.12. The Morgan fingerprint density at radius 2 is 1.90 bits per heavy atom. The number of hydrogen-bond acceptors (Lipinski definition) is 5. The molecule has 3 rings (SSSR count). The van der Waals surface area contributed by atoms with Gasteiger partial charge in [-0.3, -0.25) is 14.2 Å². The summed E-state index contributed by atoms with van der Waals surface area (Å²) in [6.07, 6.45) is 5.50. The lowest BCUT2D eigenvalue weighted by atomic mass is 10.0. The Morgan fingerprint density at radius 3 is 2.55 bits per heavy atom. The lowest BCUT2D eigenvalue weighted by Crippen LogP contribution is -2.41. The standard InChI is InChI=1S/C24H33N3O3S/c1-4-11-21(23(29)27-14-9-6-10-15-27)31-24-25-20(17-30-3)19(22(28)26(24)2)16-18-12-7-5-8-13-18/h5,7-8,12-13,21H,4,6,9-11,14-17H2,1-3H3. The summed E-state index contributed by atoms with van der Waals surface area (Å²) >= 11 is 1.42. The summed E-state index contributed by atoms with van der Waals surface area (Å²) in [7, 11) is 3.36. The monoisotopic (exact) mass is 443 g/mol. The van der Waals surface area contributed by atoms with Crippen LogP contribution in [0.25, 0.3) is 0 Å². The molecule has 7 heteroatoms. The van der Waals surface area contributed by atoms with Gasteiger partial charge < -0.3 is 9.64 Å². The van der Waals surface area contributed by atoms with Crippen molar-refractivity contribution < 1.29 is 9.53 Å². The van der Waals surface area contributed by atoms with Gasteiger partial charge in [-0.1, -0.05) is 55.4 Å². The molecule has 1 aliphatic rings. The van der Waals surface area contributed by atoms with Gasteiger partial charge in [0.25, 0.3) is 5.56 Å². The van der Waals surface area contributed by atoms with Gasteiger partial charge in [0.2, 0.25) is 5.91 Å². The fraction of sp³-hybridized carbons (Fsp3) is 0.542. The van der Waals surface area contributed by atoms with Gasteiger partial charge in [-0.05, 0) is 31.2 Å². The lowest BCUT2D eigenvalue weighted by molar-refractivity contribution is -0.131. The summed E-state index contributed by atoms with van der Waals surface area (Å²) in [5.41, 5.74) is 2.28. The Balaban J connectivity index is 1.90. The van der Waals surface area contributed by atoms with E-state index in [0.29, 0.717) is 22.8 Å². The van der Waals surface area contributed by atoms with E-state index in [-0.39, 0.29) is 23.3 Å². The SMILES string of the molecule is CCCC(Sc1nc(COC)c(Cc2ccccc2)c(=O)n1C)C(=O)N1CCCCC1. The smallest absolute Gasteiger partial charge is 0.257 e. The number of methoxy groups -OCH3 is 1. The van der Waals surface area contributed by atoms with Crippen LogP contribution in [0, 0.1) is 0 Å². The van der Waals surface area contributed by atoms with Crippen molar-refractivity contribution in [1.29, 1.82) is 0 Å². The van der Waals surface area contributed by atoms with E-state index in [4.69, 9.17) is 9.72 Å². The quantitative estimate of drug-likeness (QED) is 0.436. The van der Waals surface area contributed by atoms with Crippen LogP contribution in [0.2, 0.25) is 0 Å². The van der Waals surface area contributed by atoms with Crippen molar-refractivity contribution >= 4 is 17.7 Å². The number of piperidine rings is 1. The van der Waals surface area contributed by atoms with Crippen molar-refractivity contribution in [3.05, 3.63) is 57.5 Å². The average Bonchev–Trinajstić information content (AvgIpc) is 2.80. The Morgan fingerprint density at radius 1 is 1.19 bits per heavy atom. The summed E-state index contributed by atoms with van der Waals surface area (Å²) in [5.74, 6) is 0.169. The highest BCUT2D eigenvalue weighted by Crippen LogP contribution is 2.27. The van der Waals surface area contributed by atoms with E-state index >= 15 is 0 Å². The minimum Gasteiger partial charge on any atom is -0.378 e. The molecule has 0 spiro atoms. The predicted octanol–water partition coefficient (Wildman–Crippen LogP) is 3.79. The molecule has 1 unspecified atom stereocenters. The zero-order valence-electron chi connectivity index (χ0n) is 18.8. The number of aromatic nitrogens is 2. The number of amides is 1. The highest BCUT2D eigenvalue weighted by Gasteiger charge is 2.28. The molecule has 0 radical (unpaired) electrons. The van der Waals surface area contributed by atoms with Crippen molar-refractivity contribution in [1.82, 2.24) is 14.5 Å². The highest BCUT2D eigenvalue weighted by molar-refractivity contribution is 8.00. The topological polar surface area (TPSA) is 64.4 Å². The third-order valence-electron chi connectivity index (χ3n) is 5.68. The van der Waals surface area contributed by atoms with E-state index in [9.17, 15) is 9.59 Å². The van der Waals surface area contributed by atoms with Gasteiger partial charge in [0.1, 0.15) is 0 Å². The molecule has 1 fully saturated rings.